The number of aliphatic hydroxyl groups excluding tert-OH is 1. The minimum Gasteiger partial charge on any atom is -0.466 e. The molecule has 5 nitrogen and oxygen atoms in total. The first-order valence-corrected chi connectivity index (χ1v) is 6.81. The molecule has 0 aliphatic carbocycles. The number of benzene rings is 1. The average molecular weight is 289 g/mol. The monoisotopic (exact) mass is 289 g/mol. The summed E-state index contributed by atoms with van der Waals surface area (Å²) in [5.41, 5.74) is 1.27. The second-order valence-electron chi connectivity index (χ2n) is 4.20. The van der Waals surface area contributed by atoms with Crippen LogP contribution in [0.15, 0.2) is 24.3 Å². The smallest absolute Gasteiger partial charge is 0.305 e. The van der Waals surface area contributed by atoms with E-state index in [9.17, 15) is 9.59 Å². The third kappa shape index (κ3) is 6.59. The Hall–Kier alpha value is -2.32. The molecule has 0 aliphatic heterocycles. The number of amides is 1. The number of carbonyl (C=O) groups excluding carboxylic acids is 2. The highest BCUT2D eigenvalue weighted by molar-refractivity contribution is 5.94. The molecular formula is C16H19NO4. The number of aliphatic hydroxyl groups is 1. The molecule has 0 saturated heterocycles. The van der Waals surface area contributed by atoms with E-state index in [1.807, 2.05) is 0 Å². The molecule has 0 atom stereocenters. The Bertz CT molecular complexity index is 525. The molecule has 1 aromatic carbocycles. The lowest BCUT2D eigenvalue weighted by Crippen LogP contribution is -2.25. The minimum absolute atomic E-state index is 0.192. The van der Waals surface area contributed by atoms with Gasteiger partial charge in [-0.3, -0.25) is 9.59 Å². The SMILES string of the molecule is CCOC(=O)CCCNC(=O)c1ccc(C#CCO)cc1. The zero-order valence-electron chi connectivity index (χ0n) is 12.0. The molecule has 21 heavy (non-hydrogen) atoms. The van der Waals surface area contributed by atoms with Crippen LogP contribution in [-0.2, 0) is 9.53 Å². The first-order valence-electron chi connectivity index (χ1n) is 6.81. The van der Waals surface area contributed by atoms with Crippen LogP contribution in [0.1, 0.15) is 35.7 Å². The van der Waals surface area contributed by atoms with Gasteiger partial charge in [-0.25, -0.2) is 0 Å². The molecule has 0 saturated carbocycles. The van der Waals surface area contributed by atoms with E-state index >= 15 is 0 Å². The van der Waals surface area contributed by atoms with E-state index in [1.165, 1.54) is 0 Å². The standard InChI is InChI=1S/C16H19NO4/c1-2-21-15(19)6-3-11-17-16(20)14-9-7-13(8-10-14)5-4-12-18/h7-10,18H,2-3,6,11-12H2,1H3,(H,17,20). The topological polar surface area (TPSA) is 75.6 Å². The van der Waals surface area contributed by atoms with E-state index in [-0.39, 0.29) is 18.5 Å². The Kier molecular flexibility index (Phi) is 7.62. The van der Waals surface area contributed by atoms with Gasteiger partial charge in [0.2, 0.25) is 0 Å². The summed E-state index contributed by atoms with van der Waals surface area (Å²) in [5.74, 6) is 4.85. The second-order valence-corrected chi connectivity index (χ2v) is 4.20. The van der Waals surface area contributed by atoms with Gasteiger partial charge in [0.25, 0.3) is 5.91 Å². The van der Waals surface area contributed by atoms with Crippen molar-refractivity contribution in [2.24, 2.45) is 0 Å². The van der Waals surface area contributed by atoms with E-state index in [1.54, 1.807) is 31.2 Å². The van der Waals surface area contributed by atoms with Gasteiger partial charge in [-0.2, -0.15) is 0 Å². The fourth-order valence-corrected chi connectivity index (χ4v) is 1.62. The van der Waals surface area contributed by atoms with Crippen molar-refractivity contribution in [1.82, 2.24) is 5.32 Å². The number of rotatable bonds is 6. The lowest BCUT2D eigenvalue weighted by atomic mass is 10.1. The van der Waals surface area contributed by atoms with Gasteiger partial charge in [0.05, 0.1) is 6.61 Å². The van der Waals surface area contributed by atoms with Crippen molar-refractivity contribution < 1.29 is 19.4 Å². The zero-order valence-corrected chi connectivity index (χ0v) is 12.0. The number of ether oxygens (including phenoxy) is 1. The van der Waals surface area contributed by atoms with Gasteiger partial charge < -0.3 is 15.2 Å². The van der Waals surface area contributed by atoms with Crippen LogP contribution in [0.25, 0.3) is 0 Å². The van der Waals surface area contributed by atoms with Gasteiger partial charge in [0, 0.05) is 24.1 Å². The third-order valence-corrected chi connectivity index (χ3v) is 2.61. The van der Waals surface area contributed by atoms with Gasteiger partial charge in [-0.1, -0.05) is 11.8 Å². The van der Waals surface area contributed by atoms with Crippen LogP contribution in [0.5, 0.6) is 0 Å². The zero-order chi connectivity index (χ0) is 15.5. The van der Waals surface area contributed by atoms with Crippen LogP contribution in [0.2, 0.25) is 0 Å². The second kappa shape index (κ2) is 9.56. The molecule has 2 N–H and O–H groups in total. The summed E-state index contributed by atoms with van der Waals surface area (Å²) in [5, 5.41) is 11.3. The van der Waals surface area contributed by atoms with Gasteiger partial charge in [0.1, 0.15) is 6.61 Å². The fraction of sp³-hybridized carbons (Fsp3) is 0.375. The maximum atomic E-state index is 11.8. The fourth-order valence-electron chi connectivity index (χ4n) is 1.62. The van der Waals surface area contributed by atoms with E-state index in [0.717, 1.165) is 5.56 Å². The molecule has 0 aliphatic rings. The van der Waals surface area contributed by atoms with Crippen LogP contribution in [-0.4, -0.2) is 36.7 Å². The maximum Gasteiger partial charge on any atom is 0.305 e. The van der Waals surface area contributed by atoms with Gasteiger partial charge in [-0.05, 0) is 37.6 Å². The lowest BCUT2D eigenvalue weighted by Gasteiger charge is -2.05. The summed E-state index contributed by atoms with van der Waals surface area (Å²) in [6.45, 7) is 2.36. The minimum atomic E-state index is -0.251. The maximum absolute atomic E-state index is 11.8. The number of nitrogens with one attached hydrogen (secondary N) is 1. The Labute approximate surface area is 124 Å². The Morgan fingerprint density at radius 1 is 1.29 bits per heavy atom. The highest BCUT2D eigenvalue weighted by Gasteiger charge is 2.05. The molecule has 112 valence electrons. The molecule has 1 rings (SSSR count). The van der Waals surface area contributed by atoms with Crippen molar-refractivity contribution >= 4 is 11.9 Å². The molecule has 0 spiro atoms. The highest BCUT2D eigenvalue weighted by Crippen LogP contribution is 2.03. The first-order chi connectivity index (χ1) is 10.2. The van der Waals surface area contributed by atoms with Gasteiger partial charge >= 0.3 is 5.97 Å². The van der Waals surface area contributed by atoms with Crippen LogP contribution < -0.4 is 5.32 Å². The molecular weight excluding hydrogens is 270 g/mol. The summed E-state index contributed by atoms with van der Waals surface area (Å²) in [6, 6.07) is 6.77. The number of hydrogen-bond donors (Lipinski definition) is 2. The molecule has 0 radical (unpaired) electrons. The molecule has 0 fully saturated rings. The van der Waals surface area contributed by atoms with Crippen molar-refractivity contribution in [3.8, 4) is 11.8 Å². The molecule has 0 aromatic heterocycles. The van der Waals surface area contributed by atoms with Crippen molar-refractivity contribution in [1.29, 1.82) is 0 Å². The van der Waals surface area contributed by atoms with Crippen LogP contribution in [0, 0.1) is 11.8 Å². The quantitative estimate of drug-likeness (QED) is 0.467. The molecule has 5 heteroatoms. The molecule has 1 aromatic rings. The van der Waals surface area contributed by atoms with Crippen LogP contribution in [0.3, 0.4) is 0 Å². The predicted octanol–water partition coefficient (Wildman–Crippen LogP) is 1.10. The molecule has 1 amide bonds. The largest absolute Gasteiger partial charge is 0.466 e. The number of esters is 1. The average Bonchev–Trinajstić information content (AvgIpc) is 2.50. The van der Waals surface area contributed by atoms with Crippen molar-refractivity contribution in [3.05, 3.63) is 35.4 Å². The normalized spacial score (nSPS) is 9.43. The van der Waals surface area contributed by atoms with Crippen molar-refractivity contribution in [2.75, 3.05) is 19.8 Å². The van der Waals surface area contributed by atoms with Gasteiger partial charge in [0.15, 0.2) is 0 Å². The first kappa shape index (κ1) is 16.7. The Morgan fingerprint density at radius 3 is 2.62 bits per heavy atom. The van der Waals surface area contributed by atoms with E-state index < -0.39 is 0 Å². The van der Waals surface area contributed by atoms with E-state index in [4.69, 9.17) is 9.84 Å². The highest BCUT2D eigenvalue weighted by atomic mass is 16.5. The Balaban J connectivity index is 2.37. The summed E-state index contributed by atoms with van der Waals surface area (Å²) < 4.78 is 4.80. The third-order valence-electron chi connectivity index (χ3n) is 2.61. The van der Waals surface area contributed by atoms with Gasteiger partial charge in [-0.15, -0.1) is 0 Å². The summed E-state index contributed by atoms with van der Waals surface area (Å²) in [7, 11) is 0. The summed E-state index contributed by atoms with van der Waals surface area (Å²) in [4.78, 5) is 23.0. The lowest BCUT2D eigenvalue weighted by molar-refractivity contribution is -0.143. The van der Waals surface area contributed by atoms with E-state index in [0.29, 0.717) is 31.6 Å². The van der Waals surface area contributed by atoms with Crippen LogP contribution >= 0.6 is 0 Å². The Morgan fingerprint density at radius 2 is 2.00 bits per heavy atom. The number of hydrogen-bond acceptors (Lipinski definition) is 4. The summed E-state index contributed by atoms with van der Waals surface area (Å²) >= 11 is 0. The predicted molar refractivity (Wildman–Crippen MR) is 78.6 cm³/mol. The van der Waals surface area contributed by atoms with Crippen molar-refractivity contribution in [3.63, 3.8) is 0 Å². The molecule has 0 unspecified atom stereocenters. The van der Waals surface area contributed by atoms with Crippen LogP contribution in [0.4, 0.5) is 0 Å². The molecule has 0 bridgehead atoms. The number of carbonyl (C=O) groups is 2. The van der Waals surface area contributed by atoms with Crippen molar-refractivity contribution in [2.45, 2.75) is 19.8 Å². The molecule has 0 heterocycles. The van der Waals surface area contributed by atoms with E-state index in [2.05, 4.69) is 17.2 Å². The summed E-state index contributed by atoms with van der Waals surface area (Å²) in [6.07, 6.45) is 0.842.